The number of rotatable bonds is 10. The second kappa shape index (κ2) is 9.60. The lowest BCUT2D eigenvalue weighted by Crippen LogP contribution is -2.50. The molecule has 1 aliphatic carbocycles. The van der Waals surface area contributed by atoms with E-state index in [0.717, 1.165) is 0 Å². The van der Waals surface area contributed by atoms with E-state index >= 15 is 0 Å². The van der Waals surface area contributed by atoms with Crippen molar-refractivity contribution < 1.29 is 8.85 Å². The van der Waals surface area contributed by atoms with Crippen LogP contribution in [0.1, 0.15) is 67.2 Å². The summed E-state index contributed by atoms with van der Waals surface area (Å²) >= 11 is 0. The highest BCUT2D eigenvalue weighted by molar-refractivity contribution is 6.74. The van der Waals surface area contributed by atoms with Crippen molar-refractivity contribution in [2.45, 2.75) is 116 Å². The minimum atomic E-state index is -1.52. The van der Waals surface area contributed by atoms with Crippen LogP contribution in [0.15, 0.2) is 0 Å². The summed E-state index contributed by atoms with van der Waals surface area (Å²) < 4.78 is 13.7. The van der Waals surface area contributed by atoms with Crippen LogP contribution in [-0.4, -0.2) is 28.8 Å². The van der Waals surface area contributed by atoms with Gasteiger partial charge in [-0.25, -0.2) is 0 Å². The smallest absolute Gasteiger partial charge is 0.192 e. The van der Waals surface area contributed by atoms with Gasteiger partial charge in [0.05, 0.1) is 12.2 Å². The topological polar surface area (TPSA) is 18.5 Å². The molecule has 2 atom stereocenters. The Hall–Kier alpha value is 0.354. The van der Waals surface area contributed by atoms with Crippen molar-refractivity contribution in [1.82, 2.24) is 0 Å². The third kappa shape index (κ3) is 4.92. The number of hydrogen-bond donors (Lipinski definition) is 0. The lowest BCUT2D eigenvalue weighted by atomic mass is 9.95. The largest absolute Gasteiger partial charge is 0.411 e. The molecule has 0 heterocycles. The van der Waals surface area contributed by atoms with E-state index < -0.39 is 16.6 Å². The zero-order chi connectivity index (χ0) is 16.6. The van der Waals surface area contributed by atoms with Crippen LogP contribution in [0.3, 0.4) is 0 Å². The van der Waals surface area contributed by atoms with Gasteiger partial charge >= 0.3 is 0 Å². The van der Waals surface area contributed by atoms with E-state index in [1.165, 1.54) is 61.9 Å². The van der Waals surface area contributed by atoms with Gasteiger partial charge in [0.15, 0.2) is 16.6 Å². The molecule has 0 saturated heterocycles. The zero-order valence-corrected chi connectivity index (χ0v) is 18.0. The maximum Gasteiger partial charge on any atom is 0.192 e. The average Bonchev–Trinajstić information content (AvgIpc) is 2.59. The fourth-order valence-corrected chi connectivity index (χ4v) is 9.80. The van der Waals surface area contributed by atoms with Crippen molar-refractivity contribution in [3.63, 3.8) is 0 Å². The normalized spacial score (nSPS) is 23.7. The minimum Gasteiger partial charge on any atom is -0.411 e. The van der Waals surface area contributed by atoms with Gasteiger partial charge in [0, 0.05) is 0 Å². The summed E-state index contributed by atoms with van der Waals surface area (Å²) in [6, 6.07) is 7.51. The summed E-state index contributed by atoms with van der Waals surface area (Å²) in [5, 5.41) is 0. The lowest BCUT2D eigenvalue weighted by Gasteiger charge is -2.43. The highest BCUT2D eigenvalue weighted by Crippen LogP contribution is 2.34. The molecule has 0 aliphatic heterocycles. The highest BCUT2D eigenvalue weighted by Gasteiger charge is 2.40. The van der Waals surface area contributed by atoms with E-state index in [1.807, 2.05) is 0 Å². The van der Waals surface area contributed by atoms with Crippen molar-refractivity contribution in [2.75, 3.05) is 0 Å². The van der Waals surface area contributed by atoms with Crippen molar-refractivity contribution in [1.29, 1.82) is 0 Å². The molecule has 1 saturated carbocycles. The van der Waals surface area contributed by atoms with Crippen LogP contribution >= 0.6 is 0 Å². The Labute approximate surface area is 141 Å². The van der Waals surface area contributed by atoms with E-state index in [-0.39, 0.29) is 0 Å². The second-order valence-corrected chi connectivity index (χ2v) is 16.5. The van der Waals surface area contributed by atoms with Gasteiger partial charge in [-0.1, -0.05) is 54.4 Å². The van der Waals surface area contributed by atoms with E-state index in [2.05, 4.69) is 41.5 Å². The average molecular weight is 345 g/mol. The Balaban J connectivity index is 2.83. The Morgan fingerprint density at radius 2 is 0.864 bits per heavy atom. The van der Waals surface area contributed by atoms with Gasteiger partial charge in [0.2, 0.25) is 0 Å². The van der Waals surface area contributed by atoms with Gasteiger partial charge in [-0.3, -0.25) is 0 Å². The molecular weight excluding hydrogens is 304 g/mol. The zero-order valence-electron chi connectivity index (χ0n) is 16.0. The predicted molar refractivity (Wildman–Crippen MR) is 103 cm³/mol. The van der Waals surface area contributed by atoms with Gasteiger partial charge in [0.25, 0.3) is 0 Å². The van der Waals surface area contributed by atoms with Crippen LogP contribution in [0.25, 0.3) is 0 Å². The van der Waals surface area contributed by atoms with Crippen LogP contribution in [0.4, 0.5) is 0 Å². The molecule has 132 valence electrons. The van der Waals surface area contributed by atoms with Crippen LogP contribution in [0.2, 0.25) is 36.3 Å². The third-order valence-electron chi connectivity index (χ3n) is 6.31. The molecule has 0 radical (unpaired) electrons. The molecule has 0 unspecified atom stereocenters. The highest BCUT2D eigenvalue weighted by atomic mass is 28.4. The molecule has 1 rings (SSSR count). The maximum atomic E-state index is 6.85. The fraction of sp³-hybridized carbons (Fsp3) is 1.00. The molecule has 1 aliphatic rings. The Kier molecular flexibility index (Phi) is 8.90. The first-order valence-electron chi connectivity index (χ1n) is 9.89. The molecule has 1 fully saturated rings. The standard InChI is InChI=1S/C18H40O2Si2/c1-7-21(8-2,9-3)19-17-15-13-14-16-18(17)20-22(10-4,11-5)12-6/h17-18H,7-16H2,1-6H3/t17-,18+. The monoisotopic (exact) mass is 344 g/mol. The van der Waals surface area contributed by atoms with Crippen molar-refractivity contribution in [3.8, 4) is 0 Å². The van der Waals surface area contributed by atoms with Gasteiger partial charge < -0.3 is 8.85 Å². The molecule has 2 nitrogen and oxygen atoms in total. The first-order chi connectivity index (χ1) is 10.5. The Bertz CT molecular complexity index is 255. The van der Waals surface area contributed by atoms with E-state index in [4.69, 9.17) is 8.85 Å². The molecule has 0 aromatic heterocycles. The molecule has 4 heteroatoms. The summed E-state index contributed by atoms with van der Waals surface area (Å²) in [6.07, 6.45) is 5.87. The van der Waals surface area contributed by atoms with Crippen molar-refractivity contribution in [2.24, 2.45) is 0 Å². The molecule has 22 heavy (non-hydrogen) atoms. The van der Waals surface area contributed by atoms with Crippen molar-refractivity contribution >= 4 is 16.6 Å². The number of hydrogen-bond acceptors (Lipinski definition) is 2. The fourth-order valence-electron chi connectivity index (χ4n) is 3.97. The van der Waals surface area contributed by atoms with Crippen LogP contribution in [0, 0.1) is 0 Å². The van der Waals surface area contributed by atoms with Gasteiger partial charge in [0.1, 0.15) is 0 Å². The van der Waals surface area contributed by atoms with Gasteiger partial charge in [-0.05, 0) is 49.1 Å². The van der Waals surface area contributed by atoms with E-state index in [1.54, 1.807) is 0 Å². The molecule has 0 bridgehead atoms. The summed E-state index contributed by atoms with van der Waals surface area (Å²) in [6.45, 7) is 14.0. The molecule has 0 aromatic carbocycles. The SMILES string of the molecule is CC[Si](CC)(CC)O[C@H]1CCCC[C@H]1O[Si](CC)(CC)CC. The second-order valence-electron chi connectivity index (χ2n) is 7.08. The molecular formula is C18H40O2Si2. The Morgan fingerprint density at radius 1 is 0.591 bits per heavy atom. The van der Waals surface area contributed by atoms with E-state index in [0.29, 0.717) is 12.2 Å². The maximum absolute atomic E-state index is 6.85. The predicted octanol–water partition coefficient (Wildman–Crippen LogP) is 6.34. The van der Waals surface area contributed by atoms with Gasteiger partial charge in [-0.2, -0.15) is 0 Å². The quantitative estimate of drug-likeness (QED) is 0.430. The van der Waals surface area contributed by atoms with Crippen LogP contribution in [0.5, 0.6) is 0 Å². The summed E-state index contributed by atoms with van der Waals surface area (Å²) in [4.78, 5) is 0. The molecule has 0 amide bonds. The lowest BCUT2D eigenvalue weighted by molar-refractivity contribution is 0.00927. The van der Waals surface area contributed by atoms with Crippen LogP contribution in [-0.2, 0) is 8.85 Å². The first-order valence-corrected chi connectivity index (χ1v) is 15.0. The van der Waals surface area contributed by atoms with E-state index in [9.17, 15) is 0 Å². The molecule has 0 spiro atoms. The van der Waals surface area contributed by atoms with Gasteiger partial charge in [-0.15, -0.1) is 0 Å². The van der Waals surface area contributed by atoms with Crippen molar-refractivity contribution in [3.05, 3.63) is 0 Å². The summed E-state index contributed by atoms with van der Waals surface area (Å²) in [5.74, 6) is 0. The molecule has 0 aromatic rings. The minimum absolute atomic E-state index is 0.386. The Morgan fingerprint density at radius 3 is 1.09 bits per heavy atom. The molecule has 0 N–H and O–H groups in total. The first kappa shape index (κ1) is 20.4. The summed E-state index contributed by atoms with van der Waals surface area (Å²) in [5.41, 5.74) is 0. The third-order valence-corrected chi connectivity index (χ3v) is 15.6. The van der Waals surface area contributed by atoms with Crippen LogP contribution < -0.4 is 0 Å². The summed E-state index contributed by atoms with van der Waals surface area (Å²) in [7, 11) is -3.03.